The van der Waals surface area contributed by atoms with Crippen LogP contribution in [0.3, 0.4) is 0 Å². The van der Waals surface area contributed by atoms with E-state index in [-0.39, 0.29) is 24.5 Å². The molecule has 136 valence electrons. The highest BCUT2D eigenvalue weighted by Gasteiger charge is 2.29. The number of carbonyl (C=O) groups excluding carboxylic acids is 3. The fraction of sp³-hybridized carbons (Fsp3) is 0.500. The Bertz CT molecular complexity index is 626. The number of nitrogens with zero attached hydrogens (tertiary/aromatic N) is 1. The van der Waals surface area contributed by atoms with E-state index in [9.17, 15) is 14.4 Å². The molecule has 0 heterocycles. The van der Waals surface area contributed by atoms with Crippen LogP contribution in [-0.4, -0.2) is 37.7 Å². The molecule has 7 nitrogen and oxygen atoms in total. The highest BCUT2D eigenvalue weighted by Crippen LogP contribution is 2.31. The Morgan fingerprint density at radius 1 is 1.08 bits per heavy atom. The van der Waals surface area contributed by atoms with Gasteiger partial charge in [-0.15, -0.1) is 0 Å². The van der Waals surface area contributed by atoms with Crippen molar-refractivity contribution < 1.29 is 28.7 Å². The number of hydrogen-bond donors (Lipinski definition) is 0. The normalized spacial score (nSPS) is 13.2. The molecule has 1 aliphatic rings. The van der Waals surface area contributed by atoms with Gasteiger partial charge in [0, 0.05) is 0 Å². The van der Waals surface area contributed by atoms with Crippen LogP contribution in [0.5, 0.6) is 0 Å². The molecule has 0 aliphatic heterocycles. The van der Waals surface area contributed by atoms with Crippen molar-refractivity contribution in [2.75, 3.05) is 24.9 Å². The Labute approximate surface area is 146 Å². The minimum Gasteiger partial charge on any atom is -0.466 e. The smallest absolute Gasteiger partial charge is 0.340 e. The first kappa shape index (κ1) is 18.9. The van der Waals surface area contributed by atoms with Gasteiger partial charge in [-0.05, 0) is 44.7 Å². The maximum absolute atomic E-state index is 12.5. The summed E-state index contributed by atoms with van der Waals surface area (Å²) < 4.78 is 9.85. The van der Waals surface area contributed by atoms with E-state index >= 15 is 0 Å². The van der Waals surface area contributed by atoms with E-state index in [1.807, 2.05) is 0 Å². The third-order valence-corrected chi connectivity index (χ3v) is 3.58. The van der Waals surface area contributed by atoms with Crippen LogP contribution in [-0.2, 0) is 23.9 Å². The van der Waals surface area contributed by atoms with Crippen molar-refractivity contribution in [2.45, 2.75) is 33.1 Å². The summed E-state index contributed by atoms with van der Waals surface area (Å²) in [4.78, 5) is 42.0. The zero-order valence-corrected chi connectivity index (χ0v) is 14.5. The highest BCUT2D eigenvalue weighted by molar-refractivity contribution is 6.06. The zero-order valence-electron chi connectivity index (χ0n) is 14.5. The Hall–Kier alpha value is -2.41. The van der Waals surface area contributed by atoms with E-state index in [2.05, 4.69) is 0 Å². The summed E-state index contributed by atoms with van der Waals surface area (Å²) in [5, 5.41) is 1.02. The Balaban J connectivity index is 2.23. The van der Waals surface area contributed by atoms with Gasteiger partial charge in [-0.3, -0.25) is 14.4 Å². The molecule has 1 amide bonds. The second kappa shape index (κ2) is 9.17. The van der Waals surface area contributed by atoms with Crippen molar-refractivity contribution in [3.8, 4) is 0 Å². The first-order chi connectivity index (χ1) is 12.1. The van der Waals surface area contributed by atoms with Crippen molar-refractivity contribution in [3.63, 3.8) is 0 Å². The minimum atomic E-state index is -0.638. The molecule has 0 bridgehead atoms. The van der Waals surface area contributed by atoms with E-state index in [1.165, 1.54) is 0 Å². The van der Waals surface area contributed by atoms with Gasteiger partial charge >= 0.3 is 11.9 Å². The number of amides is 1. The lowest BCUT2D eigenvalue weighted by molar-refractivity contribution is -0.147. The van der Waals surface area contributed by atoms with Gasteiger partial charge < -0.3 is 9.47 Å². The molecule has 1 saturated carbocycles. The van der Waals surface area contributed by atoms with Gasteiger partial charge in [-0.2, -0.15) is 5.06 Å². The quantitative estimate of drug-likeness (QED) is 0.387. The molecule has 0 spiro atoms. The van der Waals surface area contributed by atoms with Crippen molar-refractivity contribution in [3.05, 3.63) is 29.8 Å². The molecule has 0 atom stereocenters. The van der Waals surface area contributed by atoms with Crippen molar-refractivity contribution in [1.29, 1.82) is 0 Å². The first-order valence-electron chi connectivity index (χ1n) is 8.44. The predicted octanol–water partition coefficient (Wildman–Crippen LogP) is 2.49. The molecule has 1 aliphatic carbocycles. The Morgan fingerprint density at radius 3 is 2.40 bits per heavy atom. The number of esters is 2. The molecule has 0 unspecified atom stereocenters. The summed E-state index contributed by atoms with van der Waals surface area (Å²) in [7, 11) is 0. The summed E-state index contributed by atoms with van der Waals surface area (Å²) in [6, 6.07) is 6.49. The van der Waals surface area contributed by atoms with Crippen molar-refractivity contribution in [1.82, 2.24) is 0 Å². The minimum absolute atomic E-state index is 0.189. The number of ether oxygens (including phenoxy) is 2. The average molecular weight is 349 g/mol. The number of benzene rings is 1. The molecule has 0 saturated heterocycles. The fourth-order valence-corrected chi connectivity index (χ4v) is 2.18. The molecule has 7 heteroatoms. The Morgan fingerprint density at radius 2 is 1.76 bits per heavy atom. The number of hydroxylamine groups is 1. The summed E-state index contributed by atoms with van der Waals surface area (Å²) >= 11 is 0. The third kappa shape index (κ3) is 5.56. The topological polar surface area (TPSA) is 82.1 Å². The average Bonchev–Trinajstić information content (AvgIpc) is 3.40. The van der Waals surface area contributed by atoms with Crippen LogP contribution in [0.2, 0.25) is 0 Å². The van der Waals surface area contributed by atoms with E-state index < -0.39 is 24.3 Å². The van der Waals surface area contributed by atoms with Gasteiger partial charge in [0.1, 0.15) is 6.42 Å². The summed E-state index contributed by atoms with van der Waals surface area (Å²) in [6.45, 7) is 4.13. The van der Waals surface area contributed by atoms with Crippen LogP contribution in [0.25, 0.3) is 0 Å². The second-order valence-corrected chi connectivity index (χ2v) is 5.65. The van der Waals surface area contributed by atoms with Gasteiger partial charge in [0.15, 0.2) is 0 Å². The van der Waals surface area contributed by atoms with E-state index in [1.54, 1.807) is 38.1 Å². The number of para-hydroxylation sites is 1. The number of hydrogen-bond acceptors (Lipinski definition) is 6. The molecule has 0 radical (unpaired) electrons. The molecule has 1 aromatic rings. The number of anilines is 1. The van der Waals surface area contributed by atoms with Crippen LogP contribution < -0.4 is 5.06 Å². The number of carbonyl (C=O) groups is 3. The summed E-state index contributed by atoms with van der Waals surface area (Å²) in [6.07, 6.45) is 1.62. The molecule has 25 heavy (non-hydrogen) atoms. The summed E-state index contributed by atoms with van der Waals surface area (Å²) in [5.41, 5.74) is 0.466. The largest absolute Gasteiger partial charge is 0.466 e. The van der Waals surface area contributed by atoms with Crippen LogP contribution in [0.1, 0.15) is 43.5 Å². The van der Waals surface area contributed by atoms with E-state index in [0.717, 1.165) is 17.9 Å². The first-order valence-corrected chi connectivity index (χ1v) is 8.44. The predicted molar refractivity (Wildman–Crippen MR) is 89.8 cm³/mol. The molecule has 0 aromatic heterocycles. The molecule has 2 rings (SSSR count). The van der Waals surface area contributed by atoms with Crippen LogP contribution in [0.4, 0.5) is 5.69 Å². The van der Waals surface area contributed by atoms with Crippen LogP contribution >= 0.6 is 0 Å². The molecular formula is C18H23NO6. The van der Waals surface area contributed by atoms with E-state index in [4.69, 9.17) is 14.3 Å². The summed E-state index contributed by atoms with van der Waals surface area (Å²) in [5.74, 6) is -1.38. The molecular weight excluding hydrogens is 326 g/mol. The maximum Gasteiger partial charge on any atom is 0.340 e. The Kier molecular flexibility index (Phi) is 6.94. The van der Waals surface area contributed by atoms with E-state index in [0.29, 0.717) is 12.5 Å². The second-order valence-electron chi connectivity index (χ2n) is 5.65. The molecule has 1 aromatic carbocycles. The SMILES string of the molecule is CCOC(=O)CC(=O)N(OCC1CC1)c1ccccc1C(=O)OCC. The highest BCUT2D eigenvalue weighted by atomic mass is 16.7. The van der Waals surface area contributed by atoms with Gasteiger partial charge in [-0.1, -0.05) is 12.1 Å². The third-order valence-electron chi connectivity index (χ3n) is 3.58. The lowest BCUT2D eigenvalue weighted by Crippen LogP contribution is -2.35. The number of rotatable bonds is 9. The lowest BCUT2D eigenvalue weighted by Gasteiger charge is -2.23. The van der Waals surface area contributed by atoms with Crippen molar-refractivity contribution >= 4 is 23.5 Å². The van der Waals surface area contributed by atoms with Gasteiger partial charge in [-0.25, -0.2) is 4.79 Å². The van der Waals surface area contributed by atoms with Crippen LogP contribution in [0, 0.1) is 5.92 Å². The standard InChI is InChI=1S/C18H23NO6/c1-3-23-17(21)11-16(20)19(25-12-13-9-10-13)15-8-6-5-7-14(15)18(22)24-4-2/h5-8,13H,3-4,9-12H2,1-2H3. The van der Waals surface area contributed by atoms with Crippen molar-refractivity contribution in [2.24, 2.45) is 5.92 Å². The fourth-order valence-electron chi connectivity index (χ4n) is 2.18. The molecule has 1 fully saturated rings. The maximum atomic E-state index is 12.5. The van der Waals surface area contributed by atoms with Gasteiger partial charge in [0.05, 0.1) is 31.1 Å². The monoisotopic (exact) mass is 349 g/mol. The van der Waals surface area contributed by atoms with Gasteiger partial charge in [0.2, 0.25) is 0 Å². The molecule has 0 N–H and O–H groups in total. The van der Waals surface area contributed by atoms with Crippen LogP contribution in [0.15, 0.2) is 24.3 Å². The lowest BCUT2D eigenvalue weighted by atomic mass is 10.1. The van der Waals surface area contributed by atoms with Gasteiger partial charge in [0.25, 0.3) is 5.91 Å². The zero-order chi connectivity index (χ0) is 18.2.